The van der Waals surface area contributed by atoms with Crippen molar-refractivity contribution in [1.82, 2.24) is 51.3 Å². The molecule has 132 heavy (non-hydrogen) atoms. The van der Waals surface area contributed by atoms with Crippen LogP contribution in [0.15, 0.2) is 334 Å². The second-order valence-corrected chi connectivity index (χ2v) is 36.8. The van der Waals surface area contributed by atoms with E-state index in [2.05, 4.69) is 339 Å². The number of ether oxygens (including phenoxy) is 3. The highest BCUT2D eigenvalue weighted by Crippen LogP contribution is 2.64. The number of pyridine rings is 9. The summed E-state index contributed by atoms with van der Waals surface area (Å²) < 4.78 is 50.9. The molecule has 600 valence electrons. The Morgan fingerprint density at radius 3 is 0.727 bits per heavy atom. The van der Waals surface area contributed by atoms with Crippen LogP contribution in [0.25, 0.3) is 231 Å². The summed E-state index contributed by atoms with van der Waals surface area (Å²) in [6.45, 7) is 0. The summed E-state index contributed by atoms with van der Waals surface area (Å²) >= 11 is 0. The molecular weight excluding hydrogens is 1630 g/mol. The van der Waals surface area contributed by atoms with E-state index in [0.717, 1.165) is 128 Å². The van der Waals surface area contributed by atoms with E-state index >= 15 is 0 Å². The Hall–Kier alpha value is -18.2. The van der Waals surface area contributed by atoms with E-state index in [4.69, 9.17) is 39.1 Å². The maximum absolute atomic E-state index is 6.93. The van der Waals surface area contributed by atoms with Gasteiger partial charge in [-0.25, -0.2) is 9.97 Å². The molecule has 0 fully saturated rings. The first kappa shape index (κ1) is 64.6. The molecule has 39 rings (SSSR count). The molecule has 14 aromatic carbocycles. The minimum absolute atomic E-state index is 0.690. The topological polar surface area (TPSA) is 142 Å². The van der Waals surface area contributed by atoms with Gasteiger partial charge < -0.3 is 14.2 Å². The maximum Gasteiger partial charge on any atom is 0.316 e. The van der Waals surface area contributed by atoms with E-state index < -0.39 is 17.0 Å². The number of fused-ring (bicyclic) bond motifs is 36. The highest BCUT2D eigenvalue weighted by molar-refractivity contribution is 6.24. The molecule has 0 bridgehead atoms. The smallest absolute Gasteiger partial charge is 0.316 e. The van der Waals surface area contributed by atoms with Crippen molar-refractivity contribution in [3.63, 3.8) is 0 Å². The molecule has 25 heterocycles. The normalized spacial score (nSPS) is 16.6. The summed E-state index contributed by atoms with van der Waals surface area (Å²) in [5, 5.41) is 16.8. The Labute approximate surface area is 738 Å². The Balaban J connectivity index is 0.0000000844. The van der Waals surface area contributed by atoms with Crippen molar-refractivity contribution < 1.29 is 41.6 Å². The zero-order chi connectivity index (χ0) is 84.2. The second-order valence-electron chi connectivity index (χ2n) is 36.8. The maximum atomic E-state index is 6.93. The molecular formula is C112H55N17O3+6. The summed E-state index contributed by atoms with van der Waals surface area (Å²) in [5.41, 5.74) is 36.6. The Morgan fingerprint density at radius 2 is 0.409 bits per heavy atom. The standard InChI is InChI=1S/C38H19N5O.2C37H18N6O/c1-2-9-23-20(8-1)21-15-17-29-33-31(21)36-40(23)24-10-3-5-12-26(24)42(36)38(33)34-30(44-29)18-16-22-32(34)37-41(28-14-7-19-39-35(22)28)25-11-4-6-13-27(25)43(37)38;1-3-9-23-21(7-1)40-25-11-5-17-38-33(25)19-13-15-27-31-29(19)35(40)42(23)37(31)32-28(44-27)16-14-20-30(32)36-41(26-12-6-18-39-34(20)26)22-8-2-4-10-24(22)43(36)37;1-2-8-22-19(7-1)20-13-15-27-31-29(20)35-40(22)23-9-3-5-11-25(23)42(35)37(31)32-28(44-27)16-14-21-30(32)36-41(34-33(21)38-17-18-39-34)24-10-4-6-12-26(24)43(36)37/h1-19H;2*1-18H/q3*+2. The fraction of sp³-hybridized carbons (Fsp3) is 0.0268. The second kappa shape index (κ2) is 20.7. The van der Waals surface area contributed by atoms with Crippen molar-refractivity contribution >= 4 is 231 Å². The predicted molar refractivity (Wildman–Crippen MR) is 505 cm³/mol. The van der Waals surface area contributed by atoms with Crippen LogP contribution in [0.1, 0.15) is 33.4 Å². The van der Waals surface area contributed by atoms with Gasteiger partial charge in [-0.05, 0) is 194 Å². The van der Waals surface area contributed by atoms with Gasteiger partial charge in [-0.2, -0.15) is 53.8 Å². The zero-order valence-electron chi connectivity index (χ0n) is 69.1. The van der Waals surface area contributed by atoms with Gasteiger partial charge in [0.2, 0.25) is 0 Å². The molecule has 20 nitrogen and oxygen atoms in total. The number of rotatable bonds is 0. The van der Waals surface area contributed by atoms with Crippen LogP contribution in [0, 0.1) is 0 Å². The Morgan fingerprint density at radius 1 is 0.182 bits per heavy atom. The lowest BCUT2D eigenvalue weighted by Crippen LogP contribution is -2.71. The van der Waals surface area contributed by atoms with Crippen molar-refractivity contribution in [2.24, 2.45) is 0 Å². The lowest BCUT2D eigenvalue weighted by molar-refractivity contribution is -0.924. The van der Waals surface area contributed by atoms with Gasteiger partial charge in [0.25, 0.3) is 5.65 Å². The minimum atomic E-state index is -0.718. The van der Waals surface area contributed by atoms with E-state index in [1.54, 1.807) is 12.4 Å². The van der Waals surface area contributed by atoms with Gasteiger partial charge in [0.05, 0.1) is 32.3 Å². The van der Waals surface area contributed by atoms with E-state index in [1.807, 2.05) is 36.8 Å². The van der Waals surface area contributed by atoms with Crippen LogP contribution in [0.4, 0.5) is 0 Å². The van der Waals surface area contributed by atoms with E-state index in [9.17, 15) is 0 Å². The molecule has 2 atom stereocenters. The fourth-order valence-electron chi connectivity index (χ4n) is 27.7. The van der Waals surface area contributed by atoms with Crippen molar-refractivity contribution in [1.29, 1.82) is 0 Å². The quantitative estimate of drug-likeness (QED) is 0.108. The average Bonchev–Trinajstić information content (AvgIpc) is 1.46. The van der Waals surface area contributed by atoms with Gasteiger partial charge in [-0.15, -0.1) is 0 Å². The third-order valence-corrected chi connectivity index (χ3v) is 31.6. The molecule has 0 saturated carbocycles. The third kappa shape index (κ3) is 6.28. The number of para-hydroxylation sites is 14. The third-order valence-electron chi connectivity index (χ3n) is 31.6. The number of hydrogen-bond acceptors (Lipinski definition) is 8. The summed E-state index contributed by atoms with van der Waals surface area (Å²) in [7, 11) is 0. The van der Waals surface area contributed by atoms with Gasteiger partial charge in [0.15, 0.2) is 82.8 Å². The van der Waals surface area contributed by atoms with Crippen molar-refractivity contribution in [3.8, 4) is 34.5 Å². The first-order valence-corrected chi connectivity index (χ1v) is 45.0. The van der Waals surface area contributed by atoms with Crippen molar-refractivity contribution in [3.05, 3.63) is 368 Å². The van der Waals surface area contributed by atoms with Crippen LogP contribution in [0.2, 0.25) is 0 Å². The van der Waals surface area contributed by atoms with Gasteiger partial charge in [0, 0.05) is 74.1 Å². The largest absolute Gasteiger partial charge is 0.456 e. The van der Waals surface area contributed by atoms with E-state index in [0.29, 0.717) is 0 Å². The molecule has 0 N–H and O–H groups in total. The molecule has 20 heteroatoms. The Bertz CT molecular complexity index is 9660. The molecule has 0 radical (unpaired) electrons. The number of nitrogens with zero attached hydrogens (tertiary/aromatic N) is 17. The molecule has 30 aromatic rings. The molecule has 2 unspecified atom stereocenters. The monoisotopic (exact) mass is 1690 g/mol. The highest BCUT2D eigenvalue weighted by Gasteiger charge is 2.71. The van der Waals surface area contributed by atoms with Gasteiger partial charge in [-0.3, -0.25) is 15.0 Å². The predicted octanol–water partition coefficient (Wildman–Crippen LogP) is 20.1. The van der Waals surface area contributed by atoms with Crippen LogP contribution in [-0.2, 0) is 17.0 Å². The zero-order valence-corrected chi connectivity index (χ0v) is 69.1. The first-order valence-electron chi connectivity index (χ1n) is 45.0. The summed E-state index contributed by atoms with van der Waals surface area (Å²) in [6.07, 6.45) is 9.31. The van der Waals surface area contributed by atoms with Crippen LogP contribution in [-0.4, -0.2) is 51.3 Å². The summed E-state index contributed by atoms with van der Waals surface area (Å²) in [5.74, 6) is 5.39. The number of imidazole rings is 6. The lowest BCUT2D eigenvalue weighted by atomic mass is 9.85. The Kier molecular flexibility index (Phi) is 10.1. The molecule has 0 amide bonds. The molecule has 16 aromatic heterocycles. The number of aromatic nitrogens is 17. The van der Waals surface area contributed by atoms with Crippen molar-refractivity contribution in [2.75, 3.05) is 0 Å². The number of benzene rings is 14. The van der Waals surface area contributed by atoms with Crippen LogP contribution >= 0.6 is 0 Å². The molecule has 0 saturated heterocycles. The van der Waals surface area contributed by atoms with Gasteiger partial charge in [0.1, 0.15) is 101 Å². The SMILES string of the molecule is c1ccc2c(c1)c1ccc3c4c1c1n2c2ccccc2[n+]1C41c2c(ccc4c5ncccc5n5c6ccccc6[n+]1c5c24)O3.c1ccc2c(c1)c1ccc3c4c1c1n2c2ccccc2[n+]1C41c2c(ccc4c5nccnc5n5c6ccccc6[n+]1c5c24)O3.c1cnc2c3ccc4c5c3c3n(c2c1)c1ccccc1[n+]3C51c2c(ccc3c5ncccc5n5c6ccccc6[n+]1c5c23)O4. The van der Waals surface area contributed by atoms with Gasteiger partial charge >= 0.3 is 50.9 Å². The van der Waals surface area contributed by atoms with Crippen LogP contribution in [0.3, 0.4) is 0 Å². The summed E-state index contributed by atoms with van der Waals surface area (Å²) in [6, 6.07) is 110. The van der Waals surface area contributed by atoms with Gasteiger partial charge in [-0.1, -0.05) is 109 Å². The molecule has 9 aliphatic heterocycles. The summed E-state index contributed by atoms with van der Waals surface area (Å²) in [4.78, 5) is 24.8. The molecule has 9 aliphatic rings. The molecule has 3 spiro atoms. The highest BCUT2D eigenvalue weighted by atomic mass is 16.5. The van der Waals surface area contributed by atoms with E-state index in [1.165, 1.54) is 171 Å². The lowest BCUT2D eigenvalue weighted by Gasteiger charge is -2.31. The van der Waals surface area contributed by atoms with E-state index in [-0.39, 0.29) is 0 Å². The fourth-order valence-corrected chi connectivity index (χ4v) is 27.7. The van der Waals surface area contributed by atoms with Crippen LogP contribution in [0.5, 0.6) is 34.5 Å². The first-order chi connectivity index (χ1) is 65.6. The average molecular weight is 1690 g/mol. The minimum Gasteiger partial charge on any atom is -0.456 e. The van der Waals surface area contributed by atoms with Crippen molar-refractivity contribution in [2.45, 2.75) is 17.0 Å². The van der Waals surface area contributed by atoms with Crippen LogP contribution < -0.4 is 41.6 Å². The molecule has 0 aliphatic carbocycles. The number of hydrogen-bond donors (Lipinski definition) is 0.